The van der Waals surface area contributed by atoms with Crippen molar-refractivity contribution in [2.24, 2.45) is 10.4 Å². The zero-order valence-electron chi connectivity index (χ0n) is 17.8. The Morgan fingerprint density at radius 2 is 2.03 bits per heavy atom. The summed E-state index contributed by atoms with van der Waals surface area (Å²) in [5, 5.41) is 7.03. The first kappa shape index (κ1) is 24.1. The first-order valence-electron chi connectivity index (χ1n) is 10.5. The van der Waals surface area contributed by atoms with E-state index in [1.54, 1.807) is 7.11 Å². The van der Waals surface area contributed by atoms with E-state index in [4.69, 9.17) is 9.47 Å². The molecule has 0 amide bonds. The van der Waals surface area contributed by atoms with Gasteiger partial charge >= 0.3 is 0 Å². The molecule has 1 aliphatic heterocycles. The molecule has 8 heteroatoms. The van der Waals surface area contributed by atoms with Crippen molar-refractivity contribution in [3.05, 3.63) is 23.9 Å². The van der Waals surface area contributed by atoms with Crippen LogP contribution >= 0.6 is 24.0 Å². The van der Waals surface area contributed by atoms with Gasteiger partial charge < -0.3 is 25.0 Å². The summed E-state index contributed by atoms with van der Waals surface area (Å²) in [5.74, 6) is 1.89. The number of rotatable bonds is 8. The highest BCUT2D eigenvalue weighted by Crippen LogP contribution is 2.40. The van der Waals surface area contributed by atoms with Gasteiger partial charge in [0.2, 0.25) is 0 Å². The highest BCUT2D eigenvalue weighted by molar-refractivity contribution is 14.0. The van der Waals surface area contributed by atoms with E-state index < -0.39 is 0 Å². The molecule has 2 N–H and O–H groups in total. The van der Waals surface area contributed by atoms with Gasteiger partial charge in [0.25, 0.3) is 0 Å². The standard InChI is InChI=1S/C21H35N5O2.HI/c1-22-20(25-17-21(9-13-27-2)7-3-4-8-21)24-16-18-6-5-10-23-19(18)26-11-14-28-15-12-26;/h5-6,10H,3-4,7-9,11-17H2,1-2H3,(H2,22,24,25);1H. The van der Waals surface area contributed by atoms with Crippen LogP contribution in [0.1, 0.15) is 37.7 Å². The maximum atomic E-state index is 5.47. The normalized spacial score (nSPS) is 19.0. The molecule has 0 atom stereocenters. The van der Waals surface area contributed by atoms with Crippen molar-refractivity contribution in [2.75, 3.05) is 58.5 Å². The summed E-state index contributed by atoms with van der Waals surface area (Å²) >= 11 is 0. The van der Waals surface area contributed by atoms with Crippen LogP contribution in [0.4, 0.5) is 5.82 Å². The SMILES string of the molecule is CN=C(NCc1cccnc1N1CCOCC1)NCC1(CCOC)CCCC1.I. The Morgan fingerprint density at radius 1 is 1.28 bits per heavy atom. The van der Waals surface area contributed by atoms with Gasteiger partial charge in [0.05, 0.1) is 13.2 Å². The van der Waals surface area contributed by atoms with Crippen molar-refractivity contribution in [3.63, 3.8) is 0 Å². The number of nitrogens with zero attached hydrogens (tertiary/aromatic N) is 3. The van der Waals surface area contributed by atoms with Gasteiger partial charge in [0, 0.05) is 58.7 Å². The minimum absolute atomic E-state index is 0. The summed E-state index contributed by atoms with van der Waals surface area (Å²) in [6, 6.07) is 4.13. The molecule has 0 radical (unpaired) electrons. The van der Waals surface area contributed by atoms with E-state index in [-0.39, 0.29) is 24.0 Å². The van der Waals surface area contributed by atoms with E-state index in [9.17, 15) is 0 Å². The maximum absolute atomic E-state index is 5.47. The molecule has 29 heavy (non-hydrogen) atoms. The summed E-state index contributed by atoms with van der Waals surface area (Å²) in [4.78, 5) is 11.3. The number of guanidine groups is 1. The van der Waals surface area contributed by atoms with Crippen LogP contribution in [0, 0.1) is 5.41 Å². The zero-order chi connectivity index (χ0) is 19.7. The molecule has 3 rings (SSSR count). The van der Waals surface area contributed by atoms with Crippen LogP contribution in [0.3, 0.4) is 0 Å². The molecule has 164 valence electrons. The number of nitrogens with one attached hydrogen (secondary N) is 2. The van der Waals surface area contributed by atoms with Gasteiger partial charge in [-0.05, 0) is 30.7 Å². The van der Waals surface area contributed by atoms with Crippen molar-refractivity contribution >= 4 is 35.8 Å². The van der Waals surface area contributed by atoms with Crippen molar-refractivity contribution in [3.8, 4) is 0 Å². The second-order valence-electron chi connectivity index (χ2n) is 7.81. The van der Waals surface area contributed by atoms with Crippen LogP contribution < -0.4 is 15.5 Å². The molecule has 2 heterocycles. The first-order chi connectivity index (χ1) is 13.8. The lowest BCUT2D eigenvalue weighted by Crippen LogP contribution is -2.43. The number of ether oxygens (including phenoxy) is 2. The Kier molecular flexibility index (Phi) is 10.4. The third-order valence-electron chi connectivity index (χ3n) is 5.98. The fourth-order valence-corrected chi connectivity index (χ4v) is 4.26. The number of anilines is 1. The Labute approximate surface area is 192 Å². The summed E-state index contributed by atoms with van der Waals surface area (Å²) in [6.45, 7) is 5.77. The van der Waals surface area contributed by atoms with Crippen molar-refractivity contribution in [2.45, 2.75) is 38.6 Å². The molecule has 1 aromatic heterocycles. The predicted octanol–water partition coefficient (Wildman–Crippen LogP) is 2.80. The third kappa shape index (κ3) is 6.96. The topological polar surface area (TPSA) is 71.0 Å². The van der Waals surface area contributed by atoms with E-state index in [1.165, 1.54) is 31.2 Å². The van der Waals surface area contributed by atoms with Gasteiger partial charge in [-0.3, -0.25) is 4.99 Å². The van der Waals surface area contributed by atoms with E-state index in [0.717, 1.165) is 57.7 Å². The molecule has 1 aromatic rings. The van der Waals surface area contributed by atoms with E-state index >= 15 is 0 Å². The van der Waals surface area contributed by atoms with Crippen LogP contribution in [0.25, 0.3) is 0 Å². The summed E-state index contributed by atoms with van der Waals surface area (Å²) in [7, 11) is 3.62. The minimum Gasteiger partial charge on any atom is -0.385 e. The number of halogens is 1. The van der Waals surface area contributed by atoms with Crippen LogP contribution in [0.5, 0.6) is 0 Å². The number of hydrogen-bond donors (Lipinski definition) is 2. The van der Waals surface area contributed by atoms with Gasteiger partial charge in [0.1, 0.15) is 5.82 Å². The van der Waals surface area contributed by atoms with E-state index in [1.807, 2.05) is 19.3 Å². The number of methoxy groups -OCH3 is 1. The molecule has 1 saturated heterocycles. The number of hydrogen-bond acceptors (Lipinski definition) is 5. The molecule has 2 fully saturated rings. The predicted molar refractivity (Wildman–Crippen MR) is 128 cm³/mol. The second kappa shape index (κ2) is 12.5. The first-order valence-corrected chi connectivity index (χ1v) is 10.5. The number of aromatic nitrogens is 1. The fourth-order valence-electron chi connectivity index (χ4n) is 4.26. The van der Waals surface area contributed by atoms with Crippen molar-refractivity contribution in [1.29, 1.82) is 0 Å². The van der Waals surface area contributed by atoms with E-state index in [0.29, 0.717) is 12.0 Å². The lowest BCUT2D eigenvalue weighted by Gasteiger charge is -2.30. The molecule has 0 spiro atoms. The molecule has 1 saturated carbocycles. The molecule has 7 nitrogen and oxygen atoms in total. The number of pyridine rings is 1. The van der Waals surface area contributed by atoms with Crippen molar-refractivity contribution in [1.82, 2.24) is 15.6 Å². The maximum Gasteiger partial charge on any atom is 0.191 e. The molecule has 1 aliphatic carbocycles. The number of morpholine rings is 1. The average Bonchev–Trinajstić information content (AvgIpc) is 3.22. The largest absolute Gasteiger partial charge is 0.385 e. The molecule has 0 bridgehead atoms. The molecule has 0 unspecified atom stereocenters. The number of aliphatic imine (C=N–C) groups is 1. The Bertz CT molecular complexity index is 631. The van der Waals surface area contributed by atoms with Gasteiger partial charge in [-0.25, -0.2) is 4.98 Å². The second-order valence-corrected chi connectivity index (χ2v) is 7.81. The van der Waals surface area contributed by atoms with E-state index in [2.05, 4.69) is 31.6 Å². The summed E-state index contributed by atoms with van der Waals surface area (Å²) < 4.78 is 10.8. The molecular formula is C21H36IN5O2. The molecule has 2 aliphatic rings. The van der Waals surface area contributed by atoms with Gasteiger partial charge in [-0.15, -0.1) is 24.0 Å². The lowest BCUT2D eigenvalue weighted by molar-refractivity contribution is 0.122. The molecular weight excluding hydrogens is 481 g/mol. The highest BCUT2D eigenvalue weighted by atomic mass is 127. The third-order valence-corrected chi connectivity index (χ3v) is 5.98. The molecule has 0 aromatic carbocycles. The smallest absolute Gasteiger partial charge is 0.191 e. The Hall–Kier alpha value is -1.13. The van der Waals surface area contributed by atoms with Crippen LogP contribution in [0.15, 0.2) is 23.3 Å². The van der Waals surface area contributed by atoms with Gasteiger partial charge in [0.15, 0.2) is 5.96 Å². The van der Waals surface area contributed by atoms with Gasteiger partial charge in [-0.1, -0.05) is 18.9 Å². The Morgan fingerprint density at radius 3 is 2.72 bits per heavy atom. The average molecular weight is 517 g/mol. The fraction of sp³-hybridized carbons (Fsp3) is 0.714. The quantitative estimate of drug-likeness (QED) is 0.314. The minimum atomic E-state index is 0. The van der Waals surface area contributed by atoms with Gasteiger partial charge in [-0.2, -0.15) is 0 Å². The lowest BCUT2D eigenvalue weighted by atomic mass is 9.83. The monoisotopic (exact) mass is 517 g/mol. The highest BCUT2D eigenvalue weighted by Gasteiger charge is 2.33. The van der Waals surface area contributed by atoms with Crippen LogP contribution in [-0.4, -0.2) is 64.6 Å². The summed E-state index contributed by atoms with van der Waals surface area (Å²) in [6.07, 6.45) is 8.14. The van der Waals surface area contributed by atoms with Crippen LogP contribution in [-0.2, 0) is 16.0 Å². The van der Waals surface area contributed by atoms with Crippen LogP contribution in [0.2, 0.25) is 0 Å². The van der Waals surface area contributed by atoms with Crippen molar-refractivity contribution < 1.29 is 9.47 Å². The Balaban J connectivity index is 0.00000300. The zero-order valence-corrected chi connectivity index (χ0v) is 20.1. The summed E-state index contributed by atoms with van der Waals surface area (Å²) in [5.41, 5.74) is 1.52.